The van der Waals surface area contributed by atoms with Crippen molar-refractivity contribution in [3.8, 4) is 0 Å². The second-order valence-electron chi connectivity index (χ2n) is 2.71. The summed E-state index contributed by atoms with van der Waals surface area (Å²) in [6.45, 7) is 0. The fraction of sp³-hybridized carbons (Fsp3) is 0.250. The van der Waals surface area contributed by atoms with Crippen LogP contribution in [0, 0.1) is 0 Å². The minimum Gasteiger partial charge on any atom is -0.399 e. The van der Waals surface area contributed by atoms with Crippen LogP contribution >= 0.6 is 0 Å². The van der Waals surface area contributed by atoms with Gasteiger partial charge in [-0.1, -0.05) is 0 Å². The highest BCUT2D eigenvalue weighted by molar-refractivity contribution is 5.71. The molecule has 11 heavy (non-hydrogen) atoms. The van der Waals surface area contributed by atoms with Crippen LogP contribution in [0.4, 0.5) is 17.1 Å². The zero-order valence-electron chi connectivity index (χ0n) is 6.83. The van der Waals surface area contributed by atoms with Crippen molar-refractivity contribution < 1.29 is 0 Å². The third kappa shape index (κ3) is 1.55. The topological polar surface area (TPSA) is 55.3 Å². The Hall–Kier alpha value is -1.38. The molecule has 3 nitrogen and oxygen atoms in total. The zero-order valence-corrected chi connectivity index (χ0v) is 6.83. The Morgan fingerprint density at radius 3 is 2.27 bits per heavy atom. The van der Waals surface area contributed by atoms with Crippen molar-refractivity contribution in [3.63, 3.8) is 0 Å². The summed E-state index contributed by atoms with van der Waals surface area (Å²) in [4.78, 5) is 1.95. The zero-order chi connectivity index (χ0) is 8.43. The van der Waals surface area contributed by atoms with Crippen LogP contribution in [0.2, 0.25) is 0 Å². The molecule has 1 rings (SSSR count). The first-order valence-corrected chi connectivity index (χ1v) is 3.43. The second-order valence-corrected chi connectivity index (χ2v) is 2.71. The molecule has 0 amide bonds. The van der Waals surface area contributed by atoms with Crippen molar-refractivity contribution in [2.24, 2.45) is 0 Å². The largest absolute Gasteiger partial charge is 0.399 e. The molecule has 1 aromatic carbocycles. The summed E-state index contributed by atoms with van der Waals surface area (Å²) >= 11 is 0. The molecule has 0 atom stereocenters. The van der Waals surface area contributed by atoms with E-state index < -0.39 is 0 Å². The van der Waals surface area contributed by atoms with E-state index in [1.807, 2.05) is 31.1 Å². The van der Waals surface area contributed by atoms with Gasteiger partial charge < -0.3 is 16.4 Å². The lowest BCUT2D eigenvalue weighted by molar-refractivity contribution is 1.13. The first kappa shape index (κ1) is 7.72. The molecule has 0 unspecified atom stereocenters. The average molecular weight is 151 g/mol. The predicted molar refractivity (Wildman–Crippen MR) is 49.6 cm³/mol. The molecular weight excluding hydrogens is 138 g/mol. The van der Waals surface area contributed by atoms with Gasteiger partial charge in [0.25, 0.3) is 0 Å². The van der Waals surface area contributed by atoms with Gasteiger partial charge in [0.1, 0.15) is 0 Å². The maximum absolute atomic E-state index is 5.70. The fourth-order valence-corrected chi connectivity index (χ4v) is 0.980. The summed E-state index contributed by atoms with van der Waals surface area (Å²) in [5.74, 6) is 0. The summed E-state index contributed by atoms with van der Waals surface area (Å²) < 4.78 is 0. The third-order valence-electron chi connectivity index (χ3n) is 1.53. The lowest BCUT2D eigenvalue weighted by Gasteiger charge is -2.14. The molecule has 0 spiro atoms. The third-order valence-corrected chi connectivity index (χ3v) is 1.53. The standard InChI is InChI=1S/C8H13N3/c1-11(2)8-4-3-6(9)5-7(8)10/h3-5H,9-10H2,1-2H3. The Morgan fingerprint density at radius 1 is 1.18 bits per heavy atom. The molecule has 0 fully saturated rings. The first-order chi connectivity index (χ1) is 5.11. The average Bonchev–Trinajstić information content (AvgIpc) is 1.85. The number of nitrogens with zero attached hydrogens (tertiary/aromatic N) is 1. The number of anilines is 3. The van der Waals surface area contributed by atoms with E-state index in [2.05, 4.69) is 0 Å². The van der Waals surface area contributed by atoms with Gasteiger partial charge in [-0.2, -0.15) is 0 Å². The molecule has 0 aliphatic carbocycles. The quantitative estimate of drug-likeness (QED) is 0.587. The van der Waals surface area contributed by atoms with E-state index in [0.29, 0.717) is 5.69 Å². The van der Waals surface area contributed by atoms with Crippen LogP contribution in [0.3, 0.4) is 0 Å². The van der Waals surface area contributed by atoms with Crippen molar-refractivity contribution in [3.05, 3.63) is 18.2 Å². The predicted octanol–water partition coefficient (Wildman–Crippen LogP) is 0.917. The lowest BCUT2D eigenvalue weighted by Crippen LogP contribution is -2.11. The van der Waals surface area contributed by atoms with E-state index in [4.69, 9.17) is 11.5 Å². The molecule has 0 radical (unpaired) electrons. The number of hydrogen-bond donors (Lipinski definition) is 2. The van der Waals surface area contributed by atoms with E-state index in [1.165, 1.54) is 0 Å². The summed E-state index contributed by atoms with van der Waals surface area (Å²) in [5, 5.41) is 0. The number of nitrogen functional groups attached to an aromatic ring is 2. The molecule has 60 valence electrons. The summed E-state index contributed by atoms with van der Waals surface area (Å²) in [5.41, 5.74) is 13.6. The van der Waals surface area contributed by atoms with Crippen LogP contribution in [0.25, 0.3) is 0 Å². The van der Waals surface area contributed by atoms with Gasteiger partial charge in [0, 0.05) is 19.8 Å². The summed E-state index contributed by atoms with van der Waals surface area (Å²) in [6.07, 6.45) is 0. The maximum Gasteiger partial charge on any atom is 0.0596 e. The Bertz CT molecular complexity index is 256. The highest BCUT2D eigenvalue weighted by Crippen LogP contribution is 2.22. The van der Waals surface area contributed by atoms with E-state index in [-0.39, 0.29) is 0 Å². The number of hydrogen-bond acceptors (Lipinski definition) is 3. The van der Waals surface area contributed by atoms with Gasteiger partial charge in [-0.3, -0.25) is 0 Å². The van der Waals surface area contributed by atoms with Crippen LogP contribution in [-0.4, -0.2) is 14.1 Å². The smallest absolute Gasteiger partial charge is 0.0596 e. The molecule has 0 saturated carbocycles. The van der Waals surface area contributed by atoms with Crippen LogP contribution in [0.1, 0.15) is 0 Å². The number of benzene rings is 1. The van der Waals surface area contributed by atoms with Crippen LogP contribution in [0.5, 0.6) is 0 Å². The maximum atomic E-state index is 5.70. The molecule has 1 aromatic rings. The monoisotopic (exact) mass is 151 g/mol. The van der Waals surface area contributed by atoms with Crippen molar-refractivity contribution in [1.29, 1.82) is 0 Å². The molecule has 3 heteroatoms. The highest BCUT2D eigenvalue weighted by Gasteiger charge is 1.99. The molecular formula is C8H13N3. The fourth-order valence-electron chi connectivity index (χ4n) is 0.980. The van der Waals surface area contributed by atoms with Crippen molar-refractivity contribution in [1.82, 2.24) is 0 Å². The summed E-state index contributed by atoms with van der Waals surface area (Å²) in [6, 6.07) is 5.51. The molecule has 0 saturated heterocycles. The normalized spacial score (nSPS) is 9.64. The van der Waals surface area contributed by atoms with Crippen molar-refractivity contribution in [2.45, 2.75) is 0 Å². The Morgan fingerprint density at radius 2 is 1.82 bits per heavy atom. The molecule has 0 aliphatic rings. The highest BCUT2D eigenvalue weighted by atomic mass is 15.1. The van der Waals surface area contributed by atoms with Gasteiger partial charge in [0.05, 0.1) is 11.4 Å². The van der Waals surface area contributed by atoms with E-state index in [9.17, 15) is 0 Å². The van der Waals surface area contributed by atoms with Gasteiger partial charge >= 0.3 is 0 Å². The minimum atomic E-state index is 0.702. The van der Waals surface area contributed by atoms with E-state index in [1.54, 1.807) is 6.07 Å². The van der Waals surface area contributed by atoms with Crippen LogP contribution in [-0.2, 0) is 0 Å². The molecule has 0 heterocycles. The first-order valence-electron chi connectivity index (χ1n) is 3.43. The van der Waals surface area contributed by atoms with Crippen molar-refractivity contribution >= 4 is 17.1 Å². The number of rotatable bonds is 1. The Kier molecular flexibility index (Phi) is 1.89. The van der Waals surface area contributed by atoms with Gasteiger partial charge in [0.15, 0.2) is 0 Å². The van der Waals surface area contributed by atoms with Crippen LogP contribution < -0.4 is 16.4 Å². The molecule has 0 aromatic heterocycles. The van der Waals surface area contributed by atoms with Gasteiger partial charge in [-0.05, 0) is 18.2 Å². The molecule has 0 aliphatic heterocycles. The Labute approximate surface area is 66.6 Å². The van der Waals surface area contributed by atoms with E-state index >= 15 is 0 Å². The van der Waals surface area contributed by atoms with E-state index in [0.717, 1.165) is 11.4 Å². The lowest BCUT2D eigenvalue weighted by atomic mass is 10.2. The van der Waals surface area contributed by atoms with Crippen LogP contribution in [0.15, 0.2) is 18.2 Å². The molecule has 4 N–H and O–H groups in total. The van der Waals surface area contributed by atoms with Gasteiger partial charge in [0.2, 0.25) is 0 Å². The second kappa shape index (κ2) is 2.70. The minimum absolute atomic E-state index is 0.702. The summed E-state index contributed by atoms with van der Waals surface area (Å²) in [7, 11) is 3.89. The van der Waals surface area contributed by atoms with Gasteiger partial charge in [-0.25, -0.2) is 0 Å². The Balaban J connectivity index is 3.09. The van der Waals surface area contributed by atoms with Crippen molar-refractivity contribution in [2.75, 3.05) is 30.5 Å². The SMILES string of the molecule is CN(C)c1ccc(N)cc1N. The number of nitrogens with two attached hydrogens (primary N) is 2. The molecule has 0 bridgehead atoms. The van der Waals surface area contributed by atoms with Gasteiger partial charge in [-0.15, -0.1) is 0 Å².